The Morgan fingerprint density at radius 1 is 1.19 bits per heavy atom. The molecule has 0 aliphatic heterocycles. The highest BCUT2D eigenvalue weighted by Crippen LogP contribution is 2.26. The van der Waals surface area contributed by atoms with E-state index >= 15 is 0 Å². The van der Waals surface area contributed by atoms with E-state index in [2.05, 4.69) is 36.5 Å². The predicted octanol–water partition coefficient (Wildman–Crippen LogP) is 4.86. The number of aromatic nitrogens is 2. The van der Waals surface area contributed by atoms with Crippen LogP contribution >= 0.6 is 27.7 Å². The van der Waals surface area contributed by atoms with Gasteiger partial charge in [0, 0.05) is 16.4 Å². The van der Waals surface area contributed by atoms with Crippen LogP contribution < -0.4 is 10.6 Å². The highest BCUT2D eigenvalue weighted by molar-refractivity contribution is 9.10. The maximum atomic E-state index is 12.3. The van der Waals surface area contributed by atoms with Gasteiger partial charge in [-0.3, -0.25) is 4.79 Å². The van der Waals surface area contributed by atoms with Crippen molar-refractivity contribution in [1.29, 1.82) is 0 Å². The molecule has 0 unspecified atom stereocenters. The number of aryl methyl sites for hydroxylation is 1. The van der Waals surface area contributed by atoms with E-state index in [1.165, 1.54) is 11.8 Å². The van der Waals surface area contributed by atoms with Crippen LogP contribution in [0.25, 0.3) is 10.9 Å². The zero-order chi connectivity index (χ0) is 18.5. The van der Waals surface area contributed by atoms with Gasteiger partial charge in [-0.1, -0.05) is 30.0 Å². The molecule has 0 aliphatic rings. The number of rotatable bonds is 6. The molecule has 1 aromatic heterocycles. The first-order valence-corrected chi connectivity index (χ1v) is 10.0. The molecule has 5 nitrogen and oxygen atoms in total. The standard InChI is InChI=1S/C19H19BrN4OS/c1-3-21-18-13-6-4-5-7-15(13)23-19(24-18)26-11-17(25)22-16-9-8-12(2)10-14(16)20/h4-10H,3,11H2,1-2H3,(H,22,25)(H,21,23,24). The van der Waals surface area contributed by atoms with Crippen molar-refractivity contribution in [2.75, 3.05) is 22.9 Å². The van der Waals surface area contributed by atoms with Gasteiger partial charge in [-0.15, -0.1) is 0 Å². The number of thioether (sulfide) groups is 1. The summed E-state index contributed by atoms with van der Waals surface area (Å²) in [7, 11) is 0. The van der Waals surface area contributed by atoms with Crippen LogP contribution in [0.15, 0.2) is 52.1 Å². The lowest BCUT2D eigenvalue weighted by Crippen LogP contribution is -2.15. The van der Waals surface area contributed by atoms with E-state index in [1.54, 1.807) is 0 Å². The topological polar surface area (TPSA) is 66.9 Å². The first kappa shape index (κ1) is 18.7. The van der Waals surface area contributed by atoms with Crippen LogP contribution in [-0.2, 0) is 4.79 Å². The highest BCUT2D eigenvalue weighted by Gasteiger charge is 2.11. The summed E-state index contributed by atoms with van der Waals surface area (Å²) in [5.74, 6) is 0.938. The Bertz CT molecular complexity index is 948. The molecule has 0 bridgehead atoms. The zero-order valence-electron chi connectivity index (χ0n) is 14.5. The molecule has 2 aromatic carbocycles. The van der Waals surface area contributed by atoms with Crippen molar-refractivity contribution < 1.29 is 4.79 Å². The third-order valence-electron chi connectivity index (χ3n) is 3.66. The van der Waals surface area contributed by atoms with Gasteiger partial charge in [0.25, 0.3) is 0 Å². The SMILES string of the molecule is CCNc1nc(SCC(=O)Nc2ccc(C)cc2Br)nc2ccccc12. The number of benzene rings is 2. The number of nitrogens with zero attached hydrogens (tertiary/aromatic N) is 2. The van der Waals surface area contributed by atoms with Crippen LogP contribution in [0.2, 0.25) is 0 Å². The van der Waals surface area contributed by atoms with Crippen molar-refractivity contribution in [3.8, 4) is 0 Å². The molecular weight excluding hydrogens is 412 g/mol. The molecule has 0 aliphatic carbocycles. The van der Waals surface area contributed by atoms with Gasteiger partial charge in [-0.05, 0) is 59.6 Å². The van der Waals surface area contributed by atoms with E-state index in [0.29, 0.717) is 5.16 Å². The Morgan fingerprint density at radius 3 is 2.77 bits per heavy atom. The number of halogens is 1. The van der Waals surface area contributed by atoms with Gasteiger partial charge in [0.05, 0.1) is 17.0 Å². The van der Waals surface area contributed by atoms with E-state index < -0.39 is 0 Å². The van der Waals surface area contributed by atoms with Gasteiger partial charge in [0.1, 0.15) is 5.82 Å². The maximum Gasteiger partial charge on any atom is 0.234 e. The molecule has 2 N–H and O–H groups in total. The van der Waals surface area contributed by atoms with Crippen LogP contribution in [0.1, 0.15) is 12.5 Å². The first-order valence-electron chi connectivity index (χ1n) is 8.26. The van der Waals surface area contributed by atoms with Crippen LogP contribution in [0.3, 0.4) is 0 Å². The normalized spacial score (nSPS) is 10.7. The summed E-state index contributed by atoms with van der Waals surface area (Å²) in [4.78, 5) is 21.4. The molecule has 134 valence electrons. The molecule has 0 atom stereocenters. The molecule has 0 spiro atoms. The Kier molecular flexibility index (Phi) is 6.11. The second-order valence-electron chi connectivity index (χ2n) is 5.72. The molecule has 1 heterocycles. The number of anilines is 2. The van der Waals surface area contributed by atoms with Crippen LogP contribution in [-0.4, -0.2) is 28.2 Å². The fraction of sp³-hybridized carbons (Fsp3) is 0.211. The second kappa shape index (κ2) is 8.51. The number of hydrogen-bond acceptors (Lipinski definition) is 5. The molecular formula is C19H19BrN4OS. The Balaban J connectivity index is 1.71. The summed E-state index contributed by atoms with van der Waals surface area (Å²) in [5.41, 5.74) is 2.75. The summed E-state index contributed by atoms with van der Waals surface area (Å²) >= 11 is 4.79. The molecule has 0 radical (unpaired) electrons. The fourth-order valence-corrected chi connectivity index (χ4v) is 3.70. The van der Waals surface area contributed by atoms with Crippen LogP contribution in [0.4, 0.5) is 11.5 Å². The van der Waals surface area contributed by atoms with E-state index in [1.807, 2.05) is 56.3 Å². The van der Waals surface area contributed by atoms with Crippen LogP contribution in [0, 0.1) is 6.92 Å². The summed E-state index contributed by atoms with van der Waals surface area (Å²) in [6, 6.07) is 13.7. The zero-order valence-corrected chi connectivity index (χ0v) is 16.9. The predicted molar refractivity (Wildman–Crippen MR) is 112 cm³/mol. The summed E-state index contributed by atoms with van der Waals surface area (Å²) in [6.45, 7) is 4.80. The minimum atomic E-state index is -0.0960. The Hall–Kier alpha value is -2.12. The molecule has 26 heavy (non-hydrogen) atoms. The van der Waals surface area contributed by atoms with Gasteiger partial charge in [0.15, 0.2) is 5.16 Å². The van der Waals surface area contributed by atoms with E-state index in [4.69, 9.17) is 0 Å². The lowest BCUT2D eigenvalue weighted by Gasteiger charge is -2.10. The summed E-state index contributed by atoms with van der Waals surface area (Å²) in [6.07, 6.45) is 0. The smallest absolute Gasteiger partial charge is 0.234 e. The van der Waals surface area contributed by atoms with E-state index in [9.17, 15) is 4.79 Å². The molecule has 3 aromatic rings. The Labute approximate surface area is 165 Å². The third kappa shape index (κ3) is 4.53. The third-order valence-corrected chi connectivity index (χ3v) is 5.16. The highest BCUT2D eigenvalue weighted by atomic mass is 79.9. The van der Waals surface area contributed by atoms with Gasteiger partial charge in [0.2, 0.25) is 5.91 Å². The molecule has 3 rings (SSSR count). The van der Waals surface area contributed by atoms with Crippen molar-refractivity contribution in [2.24, 2.45) is 0 Å². The lowest BCUT2D eigenvalue weighted by molar-refractivity contribution is -0.113. The minimum absolute atomic E-state index is 0.0960. The monoisotopic (exact) mass is 430 g/mol. The summed E-state index contributed by atoms with van der Waals surface area (Å²) in [5, 5.41) is 7.73. The first-order chi connectivity index (χ1) is 12.6. The van der Waals surface area contributed by atoms with Gasteiger partial charge in [-0.25, -0.2) is 9.97 Å². The number of carbonyl (C=O) groups excluding carboxylic acids is 1. The number of hydrogen-bond donors (Lipinski definition) is 2. The van der Waals surface area contributed by atoms with Gasteiger partial charge in [-0.2, -0.15) is 0 Å². The van der Waals surface area contributed by atoms with Gasteiger partial charge >= 0.3 is 0 Å². The minimum Gasteiger partial charge on any atom is -0.370 e. The average Bonchev–Trinajstić information content (AvgIpc) is 2.63. The van der Waals surface area contributed by atoms with Crippen molar-refractivity contribution >= 4 is 56.0 Å². The second-order valence-corrected chi connectivity index (χ2v) is 7.52. The quantitative estimate of drug-likeness (QED) is 0.431. The van der Waals surface area contributed by atoms with E-state index in [0.717, 1.165) is 39.0 Å². The molecule has 1 amide bonds. The number of para-hydroxylation sites is 1. The lowest BCUT2D eigenvalue weighted by atomic mass is 10.2. The van der Waals surface area contributed by atoms with Crippen molar-refractivity contribution in [3.63, 3.8) is 0 Å². The number of carbonyl (C=O) groups is 1. The average molecular weight is 431 g/mol. The number of nitrogens with one attached hydrogen (secondary N) is 2. The molecule has 0 saturated heterocycles. The largest absolute Gasteiger partial charge is 0.370 e. The summed E-state index contributed by atoms with van der Waals surface area (Å²) < 4.78 is 0.868. The van der Waals surface area contributed by atoms with Crippen molar-refractivity contribution in [2.45, 2.75) is 19.0 Å². The van der Waals surface area contributed by atoms with Crippen molar-refractivity contribution in [3.05, 3.63) is 52.5 Å². The maximum absolute atomic E-state index is 12.3. The van der Waals surface area contributed by atoms with Crippen LogP contribution in [0.5, 0.6) is 0 Å². The van der Waals surface area contributed by atoms with E-state index in [-0.39, 0.29) is 11.7 Å². The molecule has 7 heteroatoms. The van der Waals surface area contributed by atoms with Gasteiger partial charge < -0.3 is 10.6 Å². The number of amides is 1. The molecule has 0 fully saturated rings. The number of fused-ring (bicyclic) bond motifs is 1. The molecule has 0 saturated carbocycles. The Morgan fingerprint density at radius 2 is 2.00 bits per heavy atom. The fourth-order valence-electron chi connectivity index (χ4n) is 2.46. The van der Waals surface area contributed by atoms with Crippen molar-refractivity contribution in [1.82, 2.24) is 9.97 Å².